The third-order valence-corrected chi connectivity index (χ3v) is 5.88. The van der Waals surface area contributed by atoms with Gasteiger partial charge in [0.25, 0.3) is 0 Å². The zero-order chi connectivity index (χ0) is 19.2. The topological polar surface area (TPSA) is 72.9 Å². The molecular weight excluding hydrogens is 386 g/mol. The van der Waals surface area contributed by atoms with Crippen molar-refractivity contribution in [3.8, 4) is 10.4 Å². The van der Waals surface area contributed by atoms with Gasteiger partial charge in [-0.25, -0.2) is 0 Å². The van der Waals surface area contributed by atoms with Crippen molar-refractivity contribution in [2.45, 2.75) is 6.54 Å². The van der Waals surface area contributed by atoms with Crippen molar-refractivity contribution in [3.63, 3.8) is 0 Å². The minimum absolute atomic E-state index is 0.242. The van der Waals surface area contributed by atoms with Crippen LogP contribution in [0.15, 0.2) is 36.4 Å². The normalized spacial score (nSPS) is 15.6. The second-order valence-electron chi connectivity index (χ2n) is 6.47. The summed E-state index contributed by atoms with van der Waals surface area (Å²) in [4.78, 5) is 29.1. The first-order valence-electron chi connectivity index (χ1n) is 8.78. The van der Waals surface area contributed by atoms with Crippen LogP contribution in [0, 0.1) is 0 Å². The van der Waals surface area contributed by atoms with Crippen molar-refractivity contribution < 1.29 is 14.7 Å². The van der Waals surface area contributed by atoms with Crippen LogP contribution in [0.5, 0.6) is 0 Å². The average Bonchev–Trinajstić information content (AvgIpc) is 3.10. The highest BCUT2D eigenvalue weighted by Crippen LogP contribution is 2.33. The molecule has 0 aliphatic carbocycles. The van der Waals surface area contributed by atoms with Crippen LogP contribution in [0.4, 0.5) is 0 Å². The third kappa shape index (κ3) is 5.77. The molecule has 3 rings (SSSR count). The first-order chi connectivity index (χ1) is 13.0. The maximum absolute atomic E-state index is 11.7. The highest BCUT2D eigenvalue weighted by Gasteiger charge is 2.20. The lowest BCUT2D eigenvalue weighted by atomic mass is 10.2. The first kappa shape index (κ1) is 19.8. The summed E-state index contributed by atoms with van der Waals surface area (Å²) in [7, 11) is 0. The lowest BCUT2D eigenvalue weighted by Crippen LogP contribution is -2.49. The van der Waals surface area contributed by atoms with E-state index >= 15 is 0 Å². The molecule has 6 nitrogen and oxygen atoms in total. The molecule has 2 N–H and O–H groups in total. The minimum atomic E-state index is -1.03. The molecule has 0 bridgehead atoms. The number of halogens is 1. The molecule has 1 fully saturated rings. The van der Waals surface area contributed by atoms with E-state index in [1.807, 2.05) is 24.3 Å². The Morgan fingerprint density at radius 3 is 2.48 bits per heavy atom. The SMILES string of the molecule is O=C(O)CNC(=O)CN1CCN(Cc2ccc(-c3ccccc3Cl)s2)CC1. The van der Waals surface area contributed by atoms with Gasteiger partial charge >= 0.3 is 5.97 Å². The van der Waals surface area contributed by atoms with Crippen LogP contribution < -0.4 is 5.32 Å². The van der Waals surface area contributed by atoms with Crippen molar-refractivity contribution in [1.82, 2.24) is 15.1 Å². The summed E-state index contributed by atoms with van der Waals surface area (Å²) in [6.45, 7) is 4.15. The number of benzene rings is 1. The fraction of sp³-hybridized carbons (Fsp3) is 0.368. The molecule has 2 aromatic rings. The van der Waals surface area contributed by atoms with E-state index < -0.39 is 5.97 Å². The number of carbonyl (C=O) groups is 2. The summed E-state index contributed by atoms with van der Waals surface area (Å²) in [5.41, 5.74) is 1.06. The molecule has 1 aromatic heterocycles. The maximum atomic E-state index is 11.7. The van der Waals surface area contributed by atoms with E-state index in [-0.39, 0.29) is 19.0 Å². The van der Waals surface area contributed by atoms with E-state index in [0.29, 0.717) is 0 Å². The summed E-state index contributed by atoms with van der Waals surface area (Å²) >= 11 is 8.04. The third-order valence-electron chi connectivity index (χ3n) is 4.45. The Labute approximate surface area is 167 Å². The molecule has 0 radical (unpaired) electrons. The van der Waals surface area contributed by atoms with Gasteiger partial charge in [0.2, 0.25) is 5.91 Å². The van der Waals surface area contributed by atoms with Crippen LogP contribution in [0.25, 0.3) is 10.4 Å². The molecule has 1 aromatic carbocycles. The average molecular weight is 408 g/mol. The van der Waals surface area contributed by atoms with Gasteiger partial charge in [0.1, 0.15) is 6.54 Å². The maximum Gasteiger partial charge on any atom is 0.322 e. The lowest BCUT2D eigenvalue weighted by Gasteiger charge is -2.33. The van der Waals surface area contributed by atoms with Gasteiger partial charge < -0.3 is 10.4 Å². The van der Waals surface area contributed by atoms with E-state index in [9.17, 15) is 9.59 Å². The van der Waals surface area contributed by atoms with Gasteiger partial charge in [-0.05, 0) is 18.2 Å². The van der Waals surface area contributed by atoms with E-state index in [0.717, 1.165) is 43.3 Å². The van der Waals surface area contributed by atoms with Crippen molar-refractivity contribution in [2.24, 2.45) is 0 Å². The van der Waals surface area contributed by atoms with Crippen LogP contribution in [0.1, 0.15) is 4.88 Å². The van der Waals surface area contributed by atoms with Gasteiger partial charge in [0.15, 0.2) is 0 Å². The number of thiophene rings is 1. The summed E-state index contributed by atoms with van der Waals surface area (Å²) in [5.74, 6) is -1.27. The number of rotatable bonds is 7. The molecule has 1 amide bonds. The molecule has 27 heavy (non-hydrogen) atoms. The molecular formula is C19H22ClN3O3S. The second kappa shape index (κ2) is 9.32. The molecule has 2 heterocycles. The molecule has 0 saturated carbocycles. The van der Waals surface area contributed by atoms with E-state index in [1.165, 1.54) is 9.75 Å². The summed E-state index contributed by atoms with van der Waals surface area (Å²) < 4.78 is 0. The number of aliphatic carboxylic acids is 1. The Morgan fingerprint density at radius 1 is 1.07 bits per heavy atom. The number of hydrogen-bond acceptors (Lipinski definition) is 5. The Morgan fingerprint density at radius 2 is 1.78 bits per heavy atom. The smallest absolute Gasteiger partial charge is 0.322 e. The van der Waals surface area contributed by atoms with Crippen molar-refractivity contribution in [2.75, 3.05) is 39.3 Å². The van der Waals surface area contributed by atoms with Gasteiger partial charge in [-0.3, -0.25) is 19.4 Å². The summed E-state index contributed by atoms with van der Waals surface area (Å²) in [6.07, 6.45) is 0. The fourth-order valence-electron chi connectivity index (χ4n) is 3.03. The van der Waals surface area contributed by atoms with Crippen LogP contribution in [-0.2, 0) is 16.1 Å². The van der Waals surface area contributed by atoms with Crippen LogP contribution in [-0.4, -0.2) is 66.1 Å². The Hall–Kier alpha value is -1.93. The van der Waals surface area contributed by atoms with Crippen molar-refractivity contribution in [3.05, 3.63) is 46.3 Å². The standard InChI is InChI=1S/C19H22ClN3O3S/c20-16-4-2-1-3-15(16)17-6-5-14(27-17)12-22-7-9-23(10-8-22)13-18(24)21-11-19(25)26/h1-6H,7-13H2,(H,21,24)(H,25,26). The van der Waals surface area contributed by atoms with E-state index in [2.05, 4.69) is 27.2 Å². The molecule has 0 spiro atoms. The number of carboxylic acid groups (broad SMARTS) is 1. The molecule has 144 valence electrons. The quantitative estimate of drug-likeness (QED) is 0.737. The number of piperazine rings is 1. The lowest BCUT2D eigenvalue weighted by molar-refractivity contribution is -0.138. The Kier molecular flexibility index (Phi) is 6.84. The van der Waals surface area contributed by atoms with Crippen LogP contribution in [0.3, 0.4) is 0 Å². The predicted molar refractivity (Wildman–Crippen MR) is 107 cm³/mol. The number of hydrogen-bond donors (Lipinski definition) is 2. The second-order valence-corrected chi connectivity index (χ2v) is 8.04. The molecule has 8 heteroatoms. The zero-order valence-corrected chi connectivity index (χ0v) is 16.4. The van der Waals surface area contributed by atoms with Crippen molar-refractivity contribution in [1.29, 1.82) is 0 Å². The molecule has 1 aliphatic rings. The van der Waals surface area contributed by atoms with Gasteiger partial charge in [-0.1, -0.05) is 29.8 Å². The molecule has 0 unspecified atom stereocenters. The Bertz CT molecular complexity index is 803. The monoisotopic (exact) mass is 407 g/mol. The number of nitrogens with one attached hydrogen (secondary N) is 1. The number of carbonyl (C=O) groups excluding carboxylic acids is 1. The fourth-order valence-corrected chi connectivity index (χ4v) is 4.41. The van der Waals surface area contributed by atoms with E-state index in [4.69, 9.17) is 16.7 Å². The largest absolute Gasteiger partial charge is 0.480 e. The molecule has 1 saturated heterocycles. The number of nitrogens with zero attached hydrogens (tertiary/aromatic N) is 2. The van der Waals surface area contributed by atoms with Crippen LogP contribution in [0.2, 0.25) is 5.02 Å². The van der Waals surface area contributed by atoms with E-state index in [1.54, 1.807) is 11.3 Å². The number of carboxylic acids is 1. The highest BCUT2D eigenvalue weighted by molar-refractivity contribution is 7.15. The van der Waals surface area contributed by atoms with Gasteiger partial charge in [0.05, 0.1) is 6.54 Å². The Balaban J connectivity index is 1.47. The predicted octanol–water partition coefficient (Wildman–Crippen LogP) is 2.39. The van der Waals surface area contributed by atoms with Crippen molar-refractivity contribution >= 4 is 34.8 Å². The van der Waals surface area contributed by atoms with Gasteiger partial charge in [0, 0.05) is 53.1 Å². The minimum Gasteiger partial charge on any atom is -0.480 e. The highest BCUT2D eigenvalue weighted by atomic mass is 35.5. The number of amides is 1. The van der Waals surface area contributed by atoms with Gasteiger partial charge in [-0.15, -0.1) is 11.3 Å². The summed E-state index contributed by atoms with van der Waals surface area (Å²) in [6, 6.07) is 12.1. The zero-order valence-electron chi connectivity index (χ0n) is 14.9. The summed E-state index contributed by atoms with van der Waals surface area (Å²) in [5, 5.41) is 11.8. The van der Waals surface area contributed by atoms with Crippen LogP contribution >= 0.6 is 22.9 Å². The van der Waals surface area contributed by atoms with Gasteiger partial charge in [-0.2, -0.15) is 0 Å². The molecule has 0 atom stereocenters. The molecule has 1 aliphatic heterocycles. The first-order valence-corrected chi connectivity index (χ1v) is 9.97.